The number of aryl methyl sites for hydroxylation is 1. The largest absolute Gasteiger partial charge is 0.491 e. The smallest absolute Gasteiger partial charge is 0.276 e. The summed E-state index contributed by atoms with van der Waals surface area (Å²) in [7, 11) is 0. The zero-order valence-corrected chi connectivity index (χ0v) is 16.3. The van der Waals surface area contributed by atoms with Crippen LogP contribution in [-0.2, 0) is 6.61 Å². The van der Waals surface area contributed by atoms with Crippen LogP contribution in [0.3, 0.4) is 0 Å². The zero-order valence-electron chi connectivity index (χ0n) is 13.9. The third-order valence-electron chi connectivity index (χ3n) is 3.26. The summed E-state index contributed by atoms with van der Waals surface area (Å²) in [6.45, 7) is 2.69. The third kappa shape index (κ3) is 5.56. The molecule has 0 saturated heterocycles. The SMILES string of the molecule is Cc1cccc(OCc2nnc(SCCOc3ccc(Cl)cc3Cl)o2)c1. The summed E-state index contributed by atoms with van der Waals surface area (Å²) in [5.41, 5.74) is 1.13. The van der Waals surface area contributed by atoms with Gasteiger partial charge < -0.3 is 13.9 Å². The number of thioether (sulfide) groups is 1. The lowest BCUT2D eigenvalue weighted by Gasteiger charge is -2.07. The van der Waals surface area contributed by atoms with Gasteiger partial charge in [-0.05, 0) is 42.8 Å². The molecular formula is C18H16Cl2N2O3S. The Hall–Kier alpha value is -1.89. The molecule has 3 rings (SSSR count). The summed E-state index contributed by atoms with van der Waals surface area (Å²) in [6, 6.07) is 12.9. The number of ether oxygens (including phenoxy) is 2. The standard InChI is InChI=1S/C18H16Cl2N2O3S/c1-12-3-2-4-14(9-12)24-11-17-21-22-18(25-17)26-8-7-23-16-6-5-13(19)10-15(16)20/h2-6,9-10H,7-8,11H2,1H3. The molecule has 0 N–H and O–H groups in total. The maximum atomic E-state index is 6.05. The molecule has 0 unspecified atom stereocenters. The van der Waals surface area contributed by atoms with Crippen molar-refractivity contribution in [3.8, 4) is 11.5 Å². The van der Waals surface area contributed by atoms with E-state index < -0.39 is 0 Å². The normalized spacial score (nSPS) is 10.7. The van der Waals surface area contributed by atoms with Crippen molar-refractivity contribution in [1.82, 2.24) is 10.2 Å². The van der Waals surface area contributed by atoms with E-state index in [1.807, 2.05) is 31.2 Å². The average Bonchev–Trinajstić information content (AvgIpc) is 3.06. The number of rotatable bonds is 8. The highest BCUT2D eigenvalue weighted by molar-refractivity contribution is 7.99. The summed E-state index contributed by atoms with van der Waals surface area (Å²) in [5.74, 6) is 2.43. The number of nitrogens with zero attached hydrogens (tertiary/aromatic N) is 2. The van der Waals surface area contributed by atoms with E-state index in [2.05, 4.69) is 10.2 Å². The lowest BCUT2D eigenvalue weighted by Crippen LogP contribution is -2.00. The van der Waals surface area contributed by atoms with Crippen LogP contribution in [0.25, 0.3) is 0 Å². The Morgan fingerprint density at radius 3 is 2.77 bits per heavy atom. The molecule has 0 aliphatic rings. The average molecular weight is 411 g/mol. The molecule has 0 radical (unpaired) electrons. The summed E-state index contributed by atoms with van der Waals surface area (Å²) in [6.07, 6.45) is 0. The summed E-state index contributed by atoms with van der Waals surface area (Å²) >= 11 is 13.3. The van der Waals surface area contributed by atoms with Crippen LogP contribution in [0.15, 0.2) is 52.1 Å². The minimum absolute atomic E-state index is 0.230. The van der Waals surface area contributed by atoms with Gasteiger partial charge in [-0.15, -0.1) is 10.2 Å². The van der Waals surface area contributed by atoms with Crippen molar-refractivity contribution in [3.63, 3.8) is 0 Å². The Morgan fingerprint density at radius 1 is 1.08 bits per heavy atom. The van der Waals surface area contributed by atoms with Crippen molar-refractivity contribution in [2.75, 3.05) is 12.4 Å². The van der Waals surface area contributed by atoms with Gasteiger partial charge in [0.15, 0.2) is 6.61 Å². The van der Waals surface area contributed by atoms with Crippen molar-refractivity contribution in [2.24, 2.45) is 0 Å². The second kappa shape index (κ2) is 9.16. The minimum Gasteiger partial charge on any atom is -0.491 e. The molecule has 3 aromatic rings. The molecule has 1 aromatic heterocycles. The Balaban J connectivity index is 1.42. The van der Waals surface area contributed by atoms with Crippen molar-refractivity contribution < 1.29 is 13.9 Å². The monoisotopic (exact) mass is 410 g/mol. The predicted octanol–water partition coefficient (Wildman–Crippen LogP) is 5.43. The van der Waals surface area contributed by atoms with Crippen LogP contribution in [0.5, 0.6) is 11.5 Å². The molecule has 1 heterocycles. The first-order valence-electron chi connectivity index (χ1n) is 7.82. The van der Waals surface area contributed by atoms with Crippen LogP contribution in [0.2, 0.25) is 10.0 Å². The molecule has 0 fully saturated rings. The van der Waals surface area contributed by atoms with Gasteiger partial charge in [0, 0.05) is 10.8 Å². The van der Waals surface area contributed by atoms with Gasteiger partial charge in [0.2, 0.25) is 0 Å². The van der Waals surface area contributed by atoms with E-state index in [4.69, 9.17) is 37.1 Å². The number of hydrogen-bond acceptors (Lipinski definition) is 6. The first-order chi connectivity index (χ1) is 12.6. The van der Waals surface area contributed by atoms with E-state index >= 15 is 0 Å². The van der Waals surface area contributed by atoms with Gasteiger partial charge in [-0.2, -0.15) is 0 Å². The number of hydrogen-bond donors (Lipinski definition) is 0. The van der Waals surface area contributed by atoms with Crippen molar-refractivity contribution in [2.45, 2.75) is 18.8 Å². The third-order valence-corrected chi connectivity index (χ3v) is 4.57. The molecule has 0 bridgehead atoms. The fourth-order valence-electron chi connectivity index (χ4n) is 2.08. The fourth-order valence-corrected chi connectivity index (χ4v) is 3.14. The molecule has 0 saturated carbocycles. The van der Waals surface area contributed by atoms with E-state index in [0.717, 1.165) is 11.3 Å². The van der Waals surface area contributed by atoms with Crippen LogP contribution in [-0.4, -0.2) is 22.6 Å². The summed E-state index contributed by atoms with van der Waals surface area (Å²) in [4.78, 5) is 0. The Labute approximate surface area is 165 Å². The molecule has 8 heteroatoms. The second-order valence-electron chi connectivity index (χ2n) is 5.34. The summed E-state index contributed by atoms with van der Waals surface area (Å²) in [5, 5.41) is 9.49. The maximum Gasteiger partial charge on any atom is 0.276 e. The van der Waals surface area contributed by atoms with E-state index in [1.54, 1.807) is 18.2 Å². The highest BCUT2D eigenvalue weighted by Gasteiger charge is 2.08. The van der Waals surface area contributed by atoms with E-state index in [0.29, 0.717) is 39.3 Å². The molecule has 0 amide bonds. The fraction of sp³-hybridized carbons (Fsp3) is 0.222. The molecule has 2 aromatic carbocycles. The van der Waals surface area contributed by atoms with Gasteiger partial charge in [0.1, 0.15) is 11.5 Å². The van der Waals surface area contributed by atoms with Crippen LogP contribution in [0.4, 0.5) is 0 Å². The molecule has 26 heavy (non-hydrogen) atoms. The zero-order chi connectivity index (χ0) is 18.4. The van der Waals surface area contributed by atoms with Gasteiger partial charge >= 0.3 is 0 Å². The minimum atomic E-state index is 0.230. The number of benzene rings is 2. The summed E-state index contributed by atoms with van der Waals surface area (Å²) < 4.78 is 16.8. The lowest BCUT2D eigenvalue weighted by atomic mass is 10.2. The topological polar surface area (TPSA) is 57.4 Å². The molecule has 136 valence electrons. The number of aromatic nitrogens is 2. The van der Waals surface area contributed by atoms with Crippen LogP contribution >= 0.6 is 35.0 Å². The lowest BCUT2D eigenvalue weighted by molar-refractivity contribution is 0.252. The van der Waals surface area contributed by atoms with Gasteiger partial charge in [0.25, 0.3) is 11.1 Å². The highest BCUT2D eigenvalue weighted by Crippen LogP contribution is 2.28. The Kier molecular flexibility index (Phi) is 6.66. The molecule has 0 spiro atoms. The van der Waals surface area contributed by atoms with Gasteiger partial charge in [-0.1, -0.05) is 47.1 Å². The van der Waals surface area contributed by atoms with E-state index in [1.165, 1.54) is 11.8 Å². The first-order valence-corrected chi connectivity index (χ1v) is 9.57. The van der Waals surface area contributed by atoms with E-state index in [-0.39, 0.29) is 6.61 Å². The second-order valence-corrected chi connectivity index (χ2v) is 7.23. The molecule has 0 atom stereocenters. The first kappa shape index (κ1) is 18.9. The van der Waals surface area contributed by atoms with E-state index in [9.17, 15) is 0 Å². The molecule has 0 aliphatic carbocycles. The Morgan fingerprint density at radius 2 is 1.96 bits per heavy atom. The van der Waals surface area contributed by atoms with Gasteiger partial charge in [0.05, 0.1) is 11.6 Å². The van der Waals surface area contributed by atoms with Crippen molar-refractivity contribution in [3.05, 3.63) is 64.0 Å². The predicted molar refractivity (Wildman–Crippen MR) is 102 cm³/mol. The van der Waals surface area contributed by atoms with Gasteiger partial charge in [-0.25, -0.2) is 0 Å². The van der Waals surface area contributed by atoms with Crippen LogP contribution < -0.4 is 9.47 Å². The van der Waals surface area contributed by atoms with Crippen molar-refractivity contribution >= 4 is 35.0 Å². The highest BCUT2D eigenvalue weighted by atomic mass is 35.5. The maximum absolute atomic E-state index is 6.05. The molecule has 5 nitrogen and oxygen atoms in total. The van der Waals surface area contributed by atoms with Gasteiger partial charge in [-0.3, -0.25) is 0 Å². The van der Waals surface area contributed by atoms with Crippen LogP contribution in [0, 0.1) is 6.92 Å². The Bertz CT molecular complexity index is 873. The molecular weight excluding hydrogens is 395 g/mol. The quantitative estimate of drug-likeness (QED) is 0.364. The van der Waals surface area contributed by atoms with Crippen molar-refractivity contribution in [1.29, 1.82) is 0 Å². The van der Waals surface area contributed by atoms with Crippen LogP contribution in [0.1, 0.15) is 11.5 Å². The molecule has 0 aliphatic heterocycles. The number of halogens is 2.